The molecular weight excluding hydrogens is 404 g/mol. The molecule has 0 unspecified atom stereocenters. The maximum absolute atomic E-state index is 13.0. The lowest BCUT2D eigenvalue weighted by atomic mass is 10.0. The number of amides is 1. The van der Waals surface area contributed by atoms with Gasteiger partial charge in [0, 0.05) is 29.9 Å². The topological polar surface area (TPSA) is 69.6 Å². The smallest absolute Gasteiger partial charge is 0.233 e. The van der Waals surface area contributed by atoms with Crippen LogP contribution in [0.15, 0.2) is 54.6 Å². The van der Waals surface area contributed by atoms with E-state index in [9.17, 15) is 9.59 Å². The molecule has 154 valence electrons. The molecule has 30 heavy (non-hydrogen) atoms. The molecule has 1 atom stereocenters. The van der Waals surface area contributed by atoms with Crippen molar-refractivity contribution >= 4 is 29.0 Å². The third-order valence-corrected chi connectivity index (χ3v) is 5.63. The molecular formula is C23H21ClN2O4. The Kier molecular flexibility index (Phi) is 5.50. The predicted molar refractivity (Wildman–Crippen MR) is 115 cm³/mol. The Morgan fingerprint density at radius 2 is 1.77 bits per heavy atom. The first kappa shape index (κ1) is 20.0. The van der Waals surface area contributed by atoms with Gasteiger partial charge in [0.1, 0.15) is 11.5 Å². The zero-order valence-electron chi connectivity index (χ0n) is 16.6. The predicted octanol–water partition coefficient (Wildman–Crippen LogP) is 4.52. The van der Waals surface area contributed by atoms with Crippen LogP contribution in [0.2, 0.25) is 5.02 Å². The van der Waals surface area contributed by atoms with Crippen molar-refractivity contribution in [2.75, 3.05) is 19.5 Å². The fourth-order valence-electron chi connectivity index (χ4n) is 3.82. The molecule has 0 saturated heterocycles. The molecule has 1 aliphatic heterocycles. The molecule has 3 aromatic rings. The van der Waals surface area contributed by atoms with E-state index in [-0.39, 0.29) is 17.6 Å². The van der Waals surface area contributed by atoms with Crippen molar-refractivity contribution in [2.45, 2.75) is 18.9 Å². The van der Waals surface area contributed by atoms with Crippen LogP contribution in [0.25, 0.3) is 0 Å². The van der Waals surface area contributed by atoms with Gasteiger partial charge in [-0.15, -0.1) is 0 Å². The van der Waals surface area contributed by atoms with Gasteiger partial charge in [-0.2, -0.15) is 0 Å². The Balaban J connectivity index is 1.58. The number of halogens is 1. The molecule has 1 aliphatic rings. The summed E-state index contributed by atoms with van der Waals surface area (Å²) in [5, 5.41) is 3.31. The van der Waals surface area contributed by atoms with Crippen molar-refractivity contribution in [1.29, 1.82) is 0 Å². The second-order valence-corrected chi connectivity index (χ2v) is 7.41. The number of ether oxygens (including phenoxy) is 2. The van der Waals surface area contributed by atoms with Crippen LogP contribution in [0.4, 0.5) is 5.69 Å². The number of aromatic nitrogens is 1. The minimum absolute atomic E-state index is 0.0491. The van der Waals surface area contributed by atoms with Gasteiger partial charge < -0.3 is 19.4 Å². The maximum Gasteiger partial charge on any atom is 0.233 e. The van der Waals surface area contributed by atoms with Gasteiger partial charge in [0.25, 0.3) is 0 Å². The van der Waals surface area contributed by atoms with Crippen molar-refractivity contribution in [3.8, 4) is 11.5 Å². The molecule has 2 aromatic carbocycles. The highest BCUT2D eigenvalue weighted by molar-refractivity contribution is 6.32. The number of fused-ring (bicyclic) bond motifs is 1. The second-order valence-electron chi connectivity index (χ2n) is 7.01. The first-order valence-corrected chi connectivity index (χ1v) is 9.93. The molecule has 1 N–H and O–H groups in total. The molecule has 6 nitrogen and oxygen atoms in total. The van der Waals surface area contributed by atoms with Gasteiger partial charge in [0.2, 0.25) is 11.7 Å². The Labute approximate surface area is 179 Å². The largest absolute Gasteiger partial charge is 0.495 e. The first-order chi connectivity index (χ1) is 14.5. The van der Waals surface area contributed by atoms with Gasteiger partial charge in [-0.05, 0) is 18.6 Å². The zero-order valence-corrected chi connectivity index (χ0v) is 17.4. The Bertz CT molecular complexity index is 1110. The van der Waals surface area contributed by atoms with Crippen LogP contribution in [0.1, 0.15) is 34.1 Å². The third-order valence-electron chi connectivity index (χ3n) is 5.33. The molecule has 0 radical (unpaired) electrons. The number of ketones is 1. The van der Waals surface area contributed by atoms with Crippen LogP contribution in [-0.2, 0) is 11.3 Å². The number of hydrogen-bond acceptors (Lipinski definition) is 4. The van der Waals surface area contributed by atoms with Gasteiger partial charge in [-0.25, -0.2) is 0 Å². The molecule has 0 aliphatic carbocycles. The average Bonchev–Trinajstić information content (AvgIpc) is 3.37. The highest BCUT2D eigenvalue weighted by Gasteiger charge is 2.32. The molecule has 1 amide bonds. The number of nitrogens with one attached hydrogen (secondary N) is 1. The van der Waals surface area contributed by atoms with E-state index in [2.05, 4.69) is 5.32 Å². The van der Waals surface area contributed by atoms with E-state index in [4.69, 9.17) is 21.1 Å². The van der Waals surface area contributed by atoms with Crippen LogP contribution in [-0.4, -0.2) is 30.5 Å². The molecule has 0 spiro atoms. The Morgan fingerprint density at radius 3 is 2.47 bits per heavy atom. The molecule has 2 heterocycles. The number of carbonyl (C=O) groups excluding carboxylic acids is 2. The van der Waals surface area contributed by atoms with E-state index in [0.717, 1.165) is 5.69 Å². The number of methoxy groups -OCH3 is 2. The van der Waals surface area contributed by atoms with Gasteiger partial charge in [-0.1, -0.05) is 41.9 Å². The van der Waals surface area contributed by atoms with Crippen LogP contribution in [0.5, 0.6) is 11.5 Å². The third kappa shape index (κ3) is 3.55. The fraction of sp³-hybridized carbons (Fsp3) is 0.217. The van der Waals surface area contributed by atoms with Crippen molar-refractivity contribution in [2.24, 2.45) is 0 Å². The standard InChI is InChI=1S/C23H21ClN2O4/c1-29-20-13-17(21(30-2)12-16(20)24)25-23(28)15-10-11-26-18(15)8-9-19(26)22(27)14-6-4-3-5-7-14/h3-9,12-13,15H,10-11H2,1-2H3,(H,25,28)/t15-/m1/s1. The number of anilines is 1. The quantitative estimate of drug-likeness (QED) is 0.591. The van der Waals surface area contributed by atoms with Crippen LogP contribution < -0.4 is 14.8 Å². The molecule has 7 heteroatoms. The minimum Gasteiger partial charge on any atom is -0.495 e. The zero-order chi connectivity index (χ0) is 21.3. The van der Waals surface area contributed by atoms with Gasteiger partial charge in [0.15, 0.2) is 0 Å². The highest BCUT2D eigenvalue weighted by atomic mass is 35.5. The molecule has 1 aromatic heterocycles. The summed E-state index contributed by atoms with van der Waals surface area (Å²) in [5.74, 6) is 0.301. The fourth-order valence-corrected chi connectivity index (χ4v) is 4.05. The summed E-state index contributed by atoms with van der Waals surface area (Å²) < 4.78 is 12.5. The minimum atomic E-state index is -0.367. The Hall–Kier alpha value is -3.25. The number of nitrogens with zero attached hydrogens (tertiary/aromatic N) is 1. The summed E-state index contributed by atoms with van der Waals surface area (Å²) in [4.78, 5) is 25.9. The molecule has 4 rings (SSSR count). The summed E-state index contributed by atoms with van der Waals surface area (Å²) in [6, 6.07) is 16.0. The highest BCUT2D eigenvalue weighted by Crippen LogP contribution is 2.38. The number of hydrogen-bond donors (Lipinski definition) is 1. The SMILES string of the molecule is COc1cc(NC(=O)[C@@H]2CCn3c(C(=O)c4ccccc4)ccc32)c(OC)cc1Cl. The van der Waals surface area contributed by atoms with E-state index in [1.807, 2.05) is 28.8 Å². The van der Waals surface area contributed by atoms with E-state index in [1.54, 1.807) is 30.3 Å². The lowest BCUT2D eigenvalue weighted by Crippen LogP contribution is -2.20. The number of carbonyl (C=O) groups is 2. The summed E-state index contributed by atoms with van der Waals surface area (Å²) in [6.07, 6.45) is 0.615. The number of benzene rings is 2. The van der Waals surface area contributed by atoms with E-state index < -0.39 is 0 Å². The van der Waals surface area contributed by atoms with E-state index in [1.165, 1.54) is 14.2 Å². The van der Waals surface area contributed by atoms with E-state index >= 15 is 0 Å². The second kappa shape index (κ2) is 8.24. The summed E-state index contributed by atoms with van der Waals surface area (Å²) in [6.45, 7) is 0.607. The maximum atomic E-state index is 13.0. The monoisotopic (exact) mass is 424 g/mol. The van der Waals surface area contributed by atoms with E-state index in [0.29, 0.717) is 46.4 Å². The van der Waals surface area contributed by atoms with Crippen molar-refractivity contribution in [3.05, 3.63) is 76.6 Å². The van der Waals surface area contributed by atoms with Crippen molar-refractivity contribution in [3.63, 3.8) is 0 Å². The summed E-state index contributed by atoms with van der Waals surface area (Å²) >= 11 is 6.14. The van der Waals surface area contributed by atoms with Crippen LogP contribution in [0, 0.1) is 0 Å². The van der Waals surface area contributed by atoms with Gasteiger partial charge in [0.05, 0.1) is 36.5 Å². The van der Waals surface area contributed by atoms with Crippen molar-refractivity contribution < 1.29 is 19.1 Å². The summed E-state index contributed by atoms with van der Waals surface area (Å²) in [7, 11) is 3.02. The Morgan fingerprint density at radius 1 is 1.03 bits per heavy atom. The lowest BCUT2D eigenvalue weighted by Gasteiger charge is -2.15. The normalized spacial score (nSPS) is 14.8. The van der Waals surface area contributed by atoms with Crippen LogP contribution in [0.3, 0.4) is 0 Å². The molecule has 0 bridgehead atoms. The van der Waals surface area contributed by atoms with Gasteiger partial charge in [-0.3, -0.25) is 9.59 Å². The lowest BCUT2D eigenvalue weighted by molar-refractivity contribution is -0.117. The van der Waals surface area contributed by atoms with Gasteiger partial charge >= 0.3 is 0 Å². The van der Waals surface area contributed by atoms with Crippen LogP contribution >= 0.6 is 11.6 Å². The summed E-state index contributed by atoms with van der Waals surface area (Å²) in [5.41, 5.74) is 2.53. The average molecular weight is 425 g/mol. The molecule has 0 saturated carbocycles. The first-order valence-electron chi connectivity index (χ1n) is 9.55. The number of rotatable bonds is 6. The van der Waals surface area contributed by atoms with Crippen molar-refractivity contribution in [1.82, 2.24) is 4.57 Å². The molecule has 0 fully saturated rings.